The normalized spacial score (nSPS) is 11.6. The Labute approximate surface area is 101 Å². The van der Waals surface area contributed by atoms with Gasteiger partial charge < -0.3 is 0 Å². The lowest BCUT2D eigenvalue weighted by atomic mass is 10.2. The fourth-order valence-electron chi connectivity index (χ4n) is 1.02. The minimum absolute atomic E-state index is 0.139. The van der Waals surface area contributed by atoms with E-state index in [2.05, 4.69) is 15.9 Å². The van der Waals surface area contributed by atoms with Crippen LogP contribution in [0, 0.1) is 17.0 Å². The van der Waals surface area contributed by atoms with Crippen molar-refractivity contribution < 1.29 is 18.1 Å². The Kier molecular flexibility index (Phi) is 3.84. The monoisotopic (exact) mass is 315 g/mol. The summed E-state index contributed by atoms with van der Waals surface area (Å²) in [6.45, 7) is 1.46. The number of nitrogens with zero attached hydrogens (tertiary/aromatic N) is 1. The van der Waals surface area contributed by atoms with Crippen LogP contribution in [0.5, 0.6) is 0 Å². The molecule has 16 heavy (non-hydrogen) atoms. The van der Waals surface area contributed by atoms with Crippen LogP contribution in [0.3, 0.4) is 0 Å². The van der Waals surface area contributed by atoms with Gasteiger partial charge in [-0.3, -0.25) is 10.1 Å². The van der Waals surface area contributed by atoms with E-state index in [1.54, 1.807) is 0 Å². The first-order chi connectivity index (χ1) is 7.22. The van der Waals surface area contributed by atoms with Gasteiger partial charge >= 0.3 is 5.51 Å². The molecular weight excluding hydrogens is 311 g/mol. The molecule has 0 saturated carbocycles. The molecule has 0 aliphatic rings. The number of benzene rings is 1. The summed E-state index contributed by atoms with van der Waals surface area (Å²) in [6.07, 6.45) is 0. The first-order valence-electron chi connectivity index (χ1n) is 3.91. The van der Waals surface area contributed by atoms with Gasteiger partial charge in [-0.15, -0.1) is 0 Å². The Balaban J connectivity index is 3.27. The van der Waals surface area contributed by atoms with Gasteiger partial charge in [0.2, 0.25) is 0 Å². The van der Waals surface area contributed by atoms with Crippen LogP contribution < -0.4 is 0 Å². The third kappa shape index (κ3) is 3.11. The molecule has 1 aromatic carbocycles. The molecule has 8 heteroatoms. The Morgan fingerprint density at radius 2 is 2.00 bits per heavy atom. The predicted molar refractivity (Wildman–Crippen MR) is 57.4 cm³/mol. The molecule has 1 rings (SSSR count). The number of hydrogen-bond donors (Lipinski definition) is 0. The van der Waals surface area contributed by atoms with E-state index in [-0.39, 0.29) is 26.8 Å². The van der Waals surface area contributed by atoms with Crippen molar-refractivity contribution in [3.8, 4) is 0 Å². The highest BCUT2D eigenvalue weighted by molar-refractivity contribution is 9.10. The summed E-state index contributed by atoms with van der Waals surface area (Å²) >= 11 is 2.46. The SMILES string of the molecule is Cc1ccc([N+](=O)[O-])c(Br)c1SC(F)(F)F. The molecule has 0 aliphatic heterocycles. The molecule has 0 aromatic heterocycles. The zero-order valence-corrected chi connectivity index (χ0v) is 10.2. The number of halogens is 4. The lowest BCUT2D eigenvalue weighted by molar-refractivity contribution is -0.385. The van der Waals surface area contributed by atoms with E-state index in [9.17, 15) is 23.3 Å². The fourth-order valence-corrected chi connectivity index (χ4v) is 2.51. The van der Waals surface area contributed by atoms with E-state index in [1.807, 2.05) is 0 Å². The number of hydrogen-bond acceptors (Lipinski definition) is 3. The zero-order chi connectivity index (χ0) is 12.5. The number of nitro benzene ring substituents is 1. The fraction of sp³-hybridized carbons (Fsp3) is 0.250. The van der Waals surface area contributed by atoms with Crippen molar-refractivity contribution in [3.63, 3.8) is 0 Å². The van der Waals surface area contributed by atoms with Gasteiger partial charge in [-0.05, 0) is 40.2 Å². The van der Waals surface area contributed by atoms with Crippen molar-refractivity contribution in [1.29, 1.82) is 0 Å². The van der Waals surface area contributed by atoms with Gasteiger partial charge in [-0.25, -0.2) is 0 Å². The van der Waals surface area contributed by atoms with Crippen molar-refractivity contribution >= 4 is 33.4 Å². The zero-order valence-electron chi connectivity index (χ0n) is 7.84. The number of alkyl halides is 3. The molecule has 0 amide bonds. The van der Waals surface area contributed by atoms with E-state index in [4.69, 9.17) is 0 Å². The van der Waals surface area contributed by atoms with Crippen LogP contribution in [-0.2, 0) is 0 Å². The largest absolute Gasteiger partial charge is 0.446 e. The van der Waals surface area contributed by atoms with Crippen LogP contribution in [0.25, 0.3) is 0 Å². The van der Waals surface area contributed by atoms with Gasteiger partial charge in [0, 0.05) is 11.0 Å². The van der Waals surface area contributed by atoms with Crippen LogP contribution >= 0.6 is 27.7 Å². The smallest absolute Gasteiger partial charge is 0.258 e. The van der Waals surface area contributed by atoms with Crippen molar-refractivity contribution in [2.24, 2.45) is 0 Å². The van der Waals surface area contributed by atoms with Gasteiger partial charge in [0.1, 0.15) is 4.47 Å². The predicted octanol–water partition coefficient (Wildman–Crippen LogP) is 4.28. The van der Waals surface area contributed by atoms with Gasteiger partial charge in [0.15, 0.2) is 0 Å². The number of rotatable bonds is 2. The number of aryl methyl sites for hydroxylation is 1. The minimum atomic E-state index is -4.47. The average Bonchev–Trinajstić information content (AvgIpc) is 2.10. The lowest BCUT2D eigenvalue weighted by Crippen LogP contribution is -2.02. The quantitative estimate of drug-likeness (QED) is 0.465. The molecular formula is C8H5BrF3NO2S. The molecule has 0 fully saturated rings. The van der Waals surface area contributed by atoms with Crippen LogP contribution in [0.15, 0.2) is 21.5 Å². The summed E-state index contributed by atoms with van der Waals surface area (Å²) in [4.78, 5) is 9.62. The van der Waals surface area contributed by atoms with Crippen LogP contribution in [-0.4, -0.2) is 10.4 Å². The molecule has 0 bridgehead atoms. The molecule has 88 valence electrons. The Hall–Kier alpha value is -0.760. The highest BCUT2D eigenvalue weighted by Crippen LogP contribution is 2.44. The maximum Gasteiger partial charge on any atom is 0.446 e. The Morgan fingerprint density at radius 3 is 2.44 bits per heavy atom. The summed E-state index contributed by atoms with van der Waals surface area (Å²) in [5, 5.41) is 10.5. The van der Waals surface area contributed by atoms with Crippen LogP contribution in [0.1, 0.15) is 5.56 Å². The summed E-state index contributed by atoms with van der Waals surface area (Å²) in [6, 6.07) is 2.46. The van der Waals surface area contributed by atoms with E-state index in [1.165, 1.54) is 19.1 Å². The lowest BCUT2D eigenvalue weighted by Gasteiger charge is -2.10. The molecule has 0 aliphatic carbocycles. The molecule has 0 N–H and O–H groups in total. The summed E-state index contributed by atoms with van der Waals surface area (Å²) < 4.78 is 36.5. The van der Waals surface area contributed by atoms with Crippen molar-refractivity contribution in [1.82, 2.24) is 0 Å². The second-order valence-electron chi connectivity index (χ2n) is 2.85. The van der Waals surface area contributed by atoms with E-state index < -0.39 is 10.4 Å². The van der Waals surface area contributed by atoms with Crippen molar-refractivity contribution in [2.45, 2.75) is 17.3 Å². The average molecular weight is 316 g/mol. The summed E-state index contributed by atoms with van der Waals surface area (Å²) in [5.74, 6) is 0. The van der Waals surface area contributed by atoms with E-state index in [0.29, 0.717) is 5.56 Å². The highest BCUT2D eigenvalue weighted by Gasteiger charge is 2.32. The third-order valence-corrected chi connectivity index (χ3v) is 3.71. The molecule has 0 unspecified atom stereocenters. The number of thioether (sulfide) groups is 1. The standard InChI is InChI=1S/C8H5BrF3NO2S/c1-4-2-3-5(13(14)15)6(9)7(4)16-8(10,11)12/h2-3H,1H3. The third-order valence-electron chi connectivity index (χ3n) is 1.69. The topological polar surface area (TPSA) is 43.1 Å². The highest BCUT2D eigenvalue weighted by atomic mass is 79.9. The van der Waals surface area contributed by atoms with Gasteiger partial charge in [0.25, 0.3) is 5.69 Å². The van der Waals surface area contributed by atoms with Crippen LogP contribution in [0.2, 0.25) is 0 Å². The maximum atomic E-state index is 12.2. The summed E-state index contributed by atoms with van der Waals surface area (Å²) in [5.41, 5.74) is -4.51. The summed E-state index contributed by atoms with van der Waals surface area (Å²) in [7, 11) is 0. The first kappa shape index (κ1) is 13.3. The molecule has 1 aromatic rings. The van der Waals surface area contributed by atoms with Crippen molar-refractivity contribution in [2.75, 3.05) is 0 Å². The Bertz CT molecular complexity index is 436. The molecule has 0 saturated heterocycles. The van der Waals surface area contributed by atoms with Gasteiger partial charge in [-0.1, -0.05) is 6.07 Å². The molecule has 0 atom stereocenters. The van der Waals surface area contributed by atoms with E-state index >= 15 is 0 Å². The number of nitro groups is 1. The van der Waals surface area contributed by atoms with Gasteiger partial charge in [-0.2, -0.15) is 13.2 Å². The molecule has 0 heterocycles. The molecule has 0 spiro atoms. The van der Waals surface area contributed by atoms with Gasteiger partial charge in [0.05, 0.1) is 4.92 Å². The second-order valence-corrected chi connectivity index (χ2v) is 4.72. The second kappa shape index (κ2) is 4.62. The van der Waals surface area contributed by atoms with E-state index in [0.717, 1.165) is 0 Å². The minimum Gasteiger partial charge on any atom is -0.258 e. The molecule has 0 radical (unpaired) electrons. The molecule has 3 nitrogen and oxygen atoms in total. The maximum absolute atomic E-state index is 12.2. The first-order valence-corrected chi connectivity index (χ1v) is 5.52. The van der Waals surface area contributed by atoms with Crippen molar-refractivity contribution in [3.05, 3.63) is 32.3 Å². The Morgan fingerprint density at radius 1 is 1.44 bits per heavy atom. The van der Waals surface area contributed by atoms with Crippen LogP contribution in [0.4, 0.5) is 18.9 Å².